The molecular weight excluding hydrogens is 288 g/mol. The Labute approximate surface area is 117 Å². The molecule has 0 aliphatic heterocycles. The van der Waals surface area contributed by atoms with Crippen LogP contribution >= 0.6 is 0 Å². The second-order valence-electron chi connectivity index (χ2n) is 5.35. The number of halogens is 2. The van der Waals surface area contributed by atoms with Crippen LogP contribution in [0.25, 0.3) is 0 Å². The van der Waals surface area contributed by atoms with E-state index in [1.165, 1.54) is 0 Å². The molecular formula is C12H19F2N3O2S. The summed E-state index contributed by atoms with van der Waals surface area (Å²) in [4.78, 5) is 1.02. The predicted octanol–water partition coefficient (Wildman–Crippen LogP) is 1.17. The fourth-order valence-corrected chi connectivity index (χ4v) is 2.61. The van der Waals surface area contributed by atoms with Crippen molar-refractivity contribution in [3.05, 3.63) is 23.8 Å². The Bertz CT molecular complexity index is 601. The predicted molar refractivity (Wildman–Crippen MR) is 73.7 cm³/mol. The maximum atomic E-state index is 13.6. The van der Waals surface area contributed by atoms with Gasteiger partial charge in [-0.1, -0.05) is 0 Å². The Morgan fingerprint density at radius 3 is 2.35 bits per heavy atom. The minimum absolute atomic E-state index is 0.0399. The quantitative estimate of drug-likeness (QED) is 0.801. The number of nitrogens with one attached hydrogen (secondary N) is 1. The summed E-state index contributed by atoms with van der Waals surface area (Å²) < 4.78 is 53.1. The monoisotopic (exact) mass is 307 g/mol. The molecule has 0 fully saturated rings. The van der Waals surface area contributed by atoms with Crippen molar-refractivity contribution in [2.45, 2.75) is 24.3 Å². The molecule has 0 amide bonds. The molecule has 0 saturated carbocycles. The zero-order chi connectivity index (χ0) is 15.7. The van der Waals surface area contributed by atoms with Crippen molar-refractivity contribution in [2.75, 3.05) is 26.4 Å². The van der Waals surface area contributed by atoms with Crippen molar-refractivity contribution in [3.63, 3.8) is 0 Å². The summed E-state index contributed by atoms with van der Waals surface area (Å²) in [6.07, 6.45) is 0. The molecule has 114 valence electrons. The first-order valence-electron chi connectivity index (χ1n) is 5.89. The number of anilines is 1. The molecule has 20 heavy (non-hydrogen) atoms. The van der Waals surface area contributed by atoms with E-state index in [0.29, 0.717) is 0 Å². The second kappa shape index (κ2) is 5.63. The molecule has 1 aromatic rings. The van der Waals surface area contributed by atoms with Gasteiger partial charge < -0.3 is 10.6 Å². The Balaban J connectivity index is 3.07. The first-order chi connectivity index (χ1) is 8.97. The second-order valence-corrected chi connectivity index (χ2v) is 7.08. The minimum atomic E-state index is -4.17. The van der Waals surface area contributed by atoms with Crippen molar-refractivity contribution in [1.29, 1.82) is 0 Å². The molecule has 0 saturated heterocycles. The molecule has 0 bridgehead atoms. The van der Waals surface area contributed by atoms with Gasteiger partial charge in [-0.15, -0.1) is 0 Å². The van der Waals surface area contributed by atoms with Crippen LogP contribution in [-0.2, 0) is 10.0 Å². The summed E-state index contributed by atoms with van der Waals surface area (Å²) in [7, 11) is -0.601. The highest BCUT2D eigenvalue weighted by Gasteiger charge is 2.27. The molecule has 0 unspecified atom stereocenters. The van der Waals surface area contributed by atoms with E-state index in [1.807, 2.05) is 18.7 Å². The highest BCUT2D eigenvalue weighted by molar-refractivity contribution is 7.89. The number of rotatable bonds is 5. The van der Waals surface area contributed by atoms with Gasteiger partial charge in [0.05, 0.1) is 0 Å². The van der Waals surface area contributed by atoms with E-state index in [9.17, 15) is 17.2 Å². The molecule has 0 aromatic heterocycles. The number of nitrogens with zero attached hydrogens (tertiary/aromatic N) is 1. The summed E-state index contributed by atoms with van der Waals surface area (Å²) in [5.41, 5.74) is 4.71. The lowest BCUT2D eigenvalue weighted by atomic mass is 10.1. The van der Waals surface area contributed by atoms with E-state index >= 15 is 0 Å². The molecule has 1 aromatic carbocycles. The number of hydrogen-bond acceptors (Lipinski definition) is 4. The number of sulfonamides is 1. The summed E-state index contributed by atoms with van der Waals surface area (Å²) in [5.74, 6) is -2.73. The third kappa shape index (κ3) is 3.65. The minimum Gasteiger partial charge on any atom is -0.399 e. The normalized spacial score (nSPS) is 12.9. The van der Waals surface area contributed by atoms with Gasteiger partial charge in [-0.05, 0) is 40.1 Å². The zero-order valence-corrected chi connectivity index (χ0v) is 12.7. The average Bonchev–Trinajstić information content (AvgIpc) is 2.31. The third-order valence-corrected chi connectivity index (χ3v) is 4.61. The van der Waals surface area contributed by atoms with E-state index < -0.39 is 32.1 Å². The fourth-order valence-electron chi connectivity index (χ4n) is 1.29. The standard InChI is InChI=1S/C12H19F2N3O2S/c1-12(2,17(3)4)7-16-20(18,19)10-6-8(15)5-9(13)11(10)14/h5-6,16H,7,15H2,1-4H3. The Morgan fingerprint density at radius 2 is 1.85 bits per heavy atom. The molecule has 0 aliphatic rings. The lowest BCUT2D eigenvalue weighted by Crippen LogP contribution is -2.48. The van der Waals surface area contributed by atoms with Crippen molar-refractivity contribution < 1.29 is 17.2 Å². The van der Waals surface area contributed by atoms with Gasteiger partial charge in [0.15, 0.2) is 11.6 Å². The average molecular weight is 307 g/mol. The molecule has 0 spiro atoms. The van der Waals surface area contributed by atoms with Gasteiger partial charge in [-0.3, -0.25) is 0 Å². The molecule has 1 rings (SSSR count). The van der Waals surface area contributed by atoms with Crippen LogP contribution in [0.2, 0.25) is 0 Å². The maximum Gasteiger partial charge on any atom is 0.243 e. The van der Waals surface area contributed by atoms with Gasteiger partial charge in [-0.2, -0.15) is 0 Å². The topological polar surface area (TPSA) is 75.4 Å². The number of hydrogen-bond donors (Lipinski definition) is 2. The largest absolute Gasteiger partial charge is 0.399 e. The van der Waals surface area contributed by atoms with Gasteiger partial charge >= 0.3 is 0 Å². The third-order valence-electron chi connectivity index (χ3n) is 3.21. The molecule has 8 heteroatoms. The van der Waals surface area contributed by atoms with Crippen molar-refractivity contribution in [1.82, 2.24) is 9.62 Å². The molecule has 0 radical (unpaired) electrons. The highest BCUT2D eigenvalue weighted by Crippen LogP contribution is 2.21. The van der Waals surface area contributed by atoms with E-state index in [-0.39, 0.29) is 12.2 Å². The van der Waals surface area contributed by atoms with E-state index in [2.05, 4.69) is 4.72 Å². The summed E-state index contributed by atoms with van der Waals surface area (Å²) >= 11 is 0. The van der Waals surface area contributed by atoms with E-state index in [0.717, 1.165) is 12.1 Å². The summed E-state index contributed by atoms with van der Waals surface area (Å²) in [6.45, 7) is 3.66. The number of likely N-dealkylation sites (N-methyl/N-ethyl adjacent to an activating group) is 1. The van der Waals surface area contributed by atoms with Crippen LogP contribution < -0.4 is 10.5 Å². The molecule has 5 nitrogen and oxygen atoms in total. The van der Waals surface area contributed by atoms with Crippen LogP contribution in [0.1, 0.15) is 13.8 Å². The lowest BCUT2D eigenvalue weighted by Gasteiger charge is -2.32. The van der Waals surface area contributed by atoms with Crippen LogP contribution in [0.15, 0.2) is 17.0 Å². The Morgan fingerprint density at radius 1 is 1.30 bits per heavy atom. The molecule has 3 N–H and O–H groups in total. The molecule has 0 heterocycles. The van der Waals surface area contributed by atoms with Gasteiger partial charge in [-0.25, -0.2) is 21.9 Å². The van der Waals surface area contributed by atoms with E-state index in [1.54, 1.807) is 14.1 Å². The van der Waals surface area contributed by atoms with Gasteiger partial charge in [0, 0.05) is 17.8 Å². The molecule has 0 aliphatic carbocycles. The van der Waals surface area contributed by atoms with E-state index in [4.69, 9.17) is 5.73 Å². The van der Waals surface area contributed by atoms with Crippen LogP contribution in [0.3, 0.4) is 0 Å². The number of nitrogens with two attached hydrogens (primary N) is 1. The number of benzene rings is 1. The van der Waals surface area contributed by atoms with Crippen LogP contribution in [0.5, 0.6) is 0 Å². The van der Waals surface area contributed by atoms with Crippen molar-refractivity contribution >= 4 is 15.7 Å². The summed E-state index contributed by atoms with van der Waals surface area (Å²) in [6, 6.07) is 1.63. The SMILES string of the molecule is CN(C)C(C)(C)CNS(=O)(=O)c1cc(N)cc(F)c1F. The van der Waals surface area contributed by atoms with Crippen LogP contribution in [-0.4, -0.2) is 39.5 Å². The molecule has 0 atom stereocenters. The van der Waals surface area contributed by atoms with Crippen LogP contribution in [0, 0.1) is 11.6 Å². The van der Waals surface area contributed by atoms with Gasteiger partial charge in [0.1, 0.15) is 4.90 Å². The Hall–Kier alpha value is -1.25. The number of nitrogen functional groups attached to an aromatic ring is 1. The van der Waals surface area contributed by atoms with Crippen LogP contribution in [0.4, 0.5) is 14.5 Å². The zero-order valence-electron chi connectivity index (χ0n) is 11.9. The summed E-state index contributed by atoms with van der Waals surface area (Å²) in [5, 5.41) is 0. The first-order valence-corrected chi connectivity index (χ1v) is 7.37. The van der Waals surface area contributed by atoms with Gasteiger partial charge in [0.2, 0.25) is 10.0 Å². The van der Waals surface area contributed by atoms with Crippen molar-refractivity contribution in [3.8, 4) is 0 Å². The van der Waals surface area contributed by atoms with Crippen molar-refractivity contribution in [2.24, 2.45) is 0 Å². The first kappa shape index (κ1) is 16.8. The van der Waals surface area contributed by atoms with Gasteiger partial charge in [0.25, 0.3) is 0 Å². The fraction of sp³-hybridized carbons (Fsp3) is 0.500. The maximum absolute atomic E-state index is 13.6. The highest BCUT2D eigenvalue weighted by atomic mass is 32.2. The lowest BCUT2D eigenvalue weighted by molar-refractivity contribution is 0.199. The smallest absolute Gasteiger partial charge is 0.243 e. The Kier molecular flexibility index (Phi) is 4.73.